The summed E-state index contributed by atoms with van der Waals surface area (Å²) >= 11 is 4.91. The first-order valence-corrected chi connectivity index (χ1v) is 7.57. The Hall–Kier alpha value is -3.07. The lowest BCUT2D eigenvalue weighted by atomic mass is 10.1. The highest BCUT2D eigenvalue weighted by atomic mass is 32.1. The third kappa shape index (κ3) is 4.27. The van der Waals surface area contributed by atoms with Crippen molar-refractivity contribution in [3.8, 4) is 5.75 Å². The Balaban J connectivity index is 2.29. The zero-order valence-electron chi connectivity index (χ0n) is 13.5. The second kappa shape index (κ2) is 7.67. The van der Waals surface area contributed by atoms with Gasteiger partial charge in [-0.1, -0.05) is 12.1 Å². The van der Waals surface area contributed by atoms with Crippen molar-refractivity contribution in [3.05, 3.63) is 36.0 Å². The fourth-order valence-corrected chi connectivity index (χ4v) is 2.33. The third-order valence-corrected chi connectivity index (χ3v) is 3.58. The molecule has 25 heavy (non-hydrogen) atoms. The molecular formula is C16H15N3O5S. The Bertz CT molecular complexity index is 783. The second-order valence-corrected chi connectivity index (χ2v) is 5.43. The molecule has 1 saturated heterocycles. The number of rotatable bonds is 5. The standard InChI is InChI=1S/C16H15N3O5S/c1-9(20)10(8-19-14(22)7-13(21)18-16(19)25)15(23)17-11-5-3-4-6-12(11)24-2/h3-6,8H,7H2,1-2H3,(H,17,23)(H,18,21,25). The van der Waals surface area contributed by atoms with Crippen LogP contribution in [0.4, 0.5) is 5.69 Å². The Morgan fingerprint density at radius 1 is 1.32 bits per heavy atom. The Morgan fingerprint density at radius 3 is 2.60 bits per heavy atom. The number of hydrogen-bond acceptors (Lipinski definition) is 6. The van der Waals surface area contributed by atoms with Gasteiger partial charge in [0.15, 0.2) is 10.9 Å². The summed E-state index contributed by atoms with van der Waals surface area (Å²) in [6.45, 7) is 1.18. The Morgan fingerprint density at radius 2 is 2.00 bits per heavy atom. The highest BCUT2D eigenvalue weighted by Crippen LogP contribution is 2.23. The van der Waals surface area contributed by atoms with Crippen molar-refractivity contribution in [1.82, 2.24) is 10.2 Å². The number of hydrogen-bond donors (Lipinski definition) is 2. The lowest BCUT2D eigenvalue weighted by Gasteiger charge is -2.24. The van der Waals surface area contributed by atoms with Crippen molar-refractivity contribution >= 4 is 46.5 Å². The Kier molecular flexibility index (Phi) is 5.60. The molecule has 0 radical (unpaired) electrons. The van der Waals surface area contributed by atoms with E-state index in [2.05, 4.69) is 10.6 Å². The van der Waals surface area contributed by atoms with Crippen LogP contribution in [0.15, 0.2) is 36.0 Å². The van der Waals surface area contributed by atoms with E-state index in [-0.39, 0.29) is 10.7 Å². The van der Waals surface area contributed by atoms with E-state index in [1.54, 1.807) is 24.3 Å². The normalized spacial score (nSPS) is 14.9. The lowest BCUT2D eigenvalue weighted by molar-refractivity contribution is -0.133. The predicted octanol–water partition coefficient (Wildman–Crippen LogP) is 0.740. The molecule has 3 amide bonds. The molecule has 1 heterocycles. The van der Waals surface area contributed by atoms with E-state index in [1.165, 1.54) is 14.0 Å². The zero-order chi connectivity index (χ0) is 18.6. The van der Waals surface area contributed by atoms with E-state index in [0.29, 0.717) is 11.4 Å². The number of thiocarbonyl (C=S) groups is 1. The van der Waals surface area contributed by atoms with Crippen LogP contribution in [0.1, 0.15) is 13.3 Å². The first-order chi connectivity index (χ1) is 11.8. The number of Topliss-reactive ketones (excluding diaryl/α,β-unsaturated/α-hetero) is 1. The van der Waals surface area contributed by atoms with Gasteiger partial charge >= 0.3 is 0 Å². The van der Waals surface area contributed by atoms with E-state index in [1.807, 2.05) is 0 Å². The third-order valence-electron chi connectivity index (χ3n) is 3.28. The zero-order valence-corrected chi connectivity index (χ0v) is 14.3. The monoisotopic (exact) mass is 361 g/mol. The van der Waals surface area contributed by atoms with E-state index in [4.69, 9.17) is 17.0 Å². The SMILES string of the molecule is COc1ccccc1NC(=O)C(=CN1C(=O)CC(=O)NC1=S)C(C)=O. The smallest absolute Gasteiger partial charge is 0.260 e. The minimum atomic E-state index is -0.732. The number of ketones is 1. The van der Waals surface area contributed by atoms with Crippen LogP contribution < -0.4 is 15.4 Å². The maximum Gasteiger partial charge on any atom is 0.260 e. The average molecular weight is 361 g/mol. The number of benzene rings is 1. The number of ether oxygens (including phenoxy) is 1. The molecule has 0 bridgehead atoms. The first-order valence-electron chi connectivity index (χ1n) is 7.16. The summed E-state index contributed by atoms with van der Waals surface area (Å²) < 4.78 is 5.13. The second-order valence-electron chi connectivity index (χ2n) is 5.05. The van der Waals surface area contributed by atoms with Crippen LogP contribution in [0.25, 0.3) is 0 Å². The van der Waals surface area contributed by atoms with Gasteiger partial charge in [-0.05, 0) is 31.3 Å². The highest BCUT2D eigenvalue weighted by molar-refractivity contribution is 7.80. The van der Waals surface area contributed by atoms with Gasteiger partial charge in [0.05, 0.1) is 18.4 Å². The largest absolute Gasteiger partial charge is 0.495 e. The quantitative estimate of drug-likeness (QED) is 0.347. The van der Waals surface area contributed by atoms with Crippen molar-refractivity contribution < 1.29 is 23.9 Å². The molecule has 0 aliphatic carbocycles. The van der Waals surface area contributed by atoms with Crippen molar-refractivity contribution in [2.24, 2.45) is 0 Å². The molecule has 0 aromatic heterocycles. The summed E-state index contributed by atoms with van der Waals surface area (Å²) in [5.74, 6) is -2.06. The molecule has 2 N–H and O–H groups in total. The van der Waals surface area contributed by atoms with Gasteiger partial charge in [-0.15, -0.1) is 0 Å². The van der Waals surface area contributed by atoms with Crippen LogP contribution in [0.5, 0.6) is 5.75 Å². The molecule has 1 aliphatic rings. The van der Waals surface area contributed by atoms with E-state index in [0.717, 1.165) is 11.1 Å². The highest BCUT2D eigenvalue weighted by Gasteiger charge is 2.29. The number of amides is 3. The van der Waals surface area contributed by atoms with Crippen LogP contribution >= 0.6 is 12.2 Å². The molecule has 0 spiro atoms. The summed E-state index contributed by atoms with van der Waals surface area (Å²) in [6.07, 6.45) is 0.604. The number of carbonyl (C=O) groups is 4. The molecule has 1 aromatic rings. The minimum absolute atomic E-state index is 0.190. The predicted molar refractivity (Wildman–Crippen MR) is 92.6 cm³/mol. The Labute approximate surface area is 148 Å². The van der Waals surface area contributed by atoms with E-state index < -0.39 is 29.9 Å². The molecule has 0 atom stereocenters. The first kappa shape index (κ1) is 18.3. The van der Waals surface area contributed by atoms with Gasteiger partial charge < -0.3 is 15.4 Å². The summed E-state index contributed by atoms with van der Waals surface area (Å²) in [6, 6.07) is 6.66. The number of carbonyl (C=O) groups excluding carboxylic acids is 4. The average Bonchev–Trinajstić information content (AvgIpc) is 2.54. The minimum Gasteiger partial charge on any atom is -0.495 e. The summed E-state index contributed by atoms with van der Waals surface area (Å²) in [4.78, 5) is 48.4. The maximum atomic E-state index is 12.4. The van der Waals surface area contributed by atoms with Crippen LogP contribution in [0.2, 0.25) is 0 Å². The molecule has 130 valence electrons. The van der Waals surface area contributed by atoms with E-state index in [9.17, 15) is 19.2 Å². The van der Waals surface area contributed by atoms with Gasteiger partial charge in [0, 0.05) is 6.20 Å². The van der Waals surface area contributed by atoms with Crippen LogP contribution in [0.3, 0.4) is 0 Å². The van der Waals surface area contributed by atoms with Crippen LogP contribution in [-0.4, -0.2) is 40.6 Å². The molecular weight excluding hydrogens is 346 g/mol. The van der Waals surface area contributed by atoms with Crippen molar-refractivity contribution in [2.45, 2.75) is 13.3 Å². The van der Waals surface area contributed by atoms with E-state index >= 15 is 0 Å². The molecule has 0 saturated carbocycles. The van der Waals surface area contributed by atoms with Gasteiger partial charge in [0.2, 0.25) is 11.8 Å². The van der Waals surface area contributed by atoms with Gasteiger partial charge in [0.1, 0.15) is 12.2 Å². The molecule has 1 fully saturated rings. The van der Waals surface area contributed by atoms with Crippen LogP contribution in [-0.2, 0) is 19.2 Å². The van der Waals surface area contributed by atoms with Crippen LogP contribution in [0, 0.1) is 0 Å². The topological polar surface area (TPSA) is 105 Å². The molecule has 0 unspecified atom stereocenters. The molecule has 1 aromatic carbocycles. The molecule has 1 aliphatic heterocycles. The number of nitrogens with zero attached hydrogens (tertiary/aromatic N) is 1. The molecule has 8 nitrogen and oxygen atoms in total. The fourth-order valence-electron chi connectivity index (χ4n) is 2.07. The molecule has 9 heteroatoms. The summed E-state index contributed by atoms with van der Waals surface area (Å²) in [5, 5.41) is 4.66. The van der Waals surface area contributed by atoms with Crippen molar-refractivity contribution in [3.63, 3.8) is 0 Å². The number of para-hydroxylation sites is 2. The number of methoxy groups -OCH3 is 1. The number of nitrogens with one attached hydrogen (secondary N) is 2. The van der Waals surface area contributed by atoms with Gasteiger partial charge in [-0.25, -0.2) is 0 Å². The summed E-state index contributed by atoms with van der Waals surface area (Å²) in [7, 11) is 1.44. The molecule has 2 rings (SSSR count). The summed E-state index contributed by atoms with van der Waals surface area (Å²) in [5.41, 5.74) is 0.0701. The fraction of sp³-hybridized carbons (Fsp3) is 0.188. The maximum absolute atomic E-state index is 12.4. The van der Waals surface area contributed by atoms with Gasteiger partial charge in [0.25, 0.3) is 5.91 Å². The van der Waals surface area contributed by atoms with Gasteiger partial charge in [-0.3, -0.25) is 24.1 Å². The van der Waals surface area contributed by atoms with Gasteiger partial charge in [-0.2, -0.15) is 0 Å². The van der Waals surface area contributed by atoms with Crippen molar-refractivity contribution in [1.29, 1.82) is 0 Å². The lowest BCUT2D eigenvalue weighted by Crippen LogP contribution is -2.50. The van der Waals surface area contributed by atoms with Crippen molar-refractivity contribution in [2.75, 3.05) is 12.4 Å². The number of anilines is 1.